The number of aromatic nitrogens is 2. The maximum atomic E-state index is 11.8. The highest BCUT2D eigenvalue weighted by Gasteiger charge is 2.18. The summed E-state index contributed by atoms with van der Waals surface area (Å²) in [7, 11) is 0. The molecule has 0 aliphatic heterocycles. The van der Waals surface area contributed by atoms with Crippen LogP contribution in [0.4, 0.5) is 5.69 Å². The molecule has 0 aliphatic carbocycles. The van der Waals surface area contributed by atoms with Gasteiger partial charge in [-0.25, -0.2) is 0 Å². The summed E-state index contributed by atoms with van der Waals surface area (Å²) in [5.74, 6) is -0.0216. The molecular formula is C14H26N4O. The van der Waals surface area contributed by atoms with Crippen LogP contribution < -0.4 is 11.1 Å². The molecule has 0 atom stereocenters. The molecule has 5 nitrogen and oxygen atoms in total. The Labute approximate surface area is 115 Å². The van der Waals surface area contributed by atoms with Gasteiger partial charge in [0.05, 0.1) is 11.9 Å². The van der Waals surface area contributed by atoms with Crippen LogP contribution in [0.1, 0.15) is 46.5 Å². The lowest BCUT2D eigenvalue weighted by Gasteiger charge is -2.24. The van der Waals surface area contributed by atoms with Crippen molar-refractivity contribution in [2.75, 3.05) is 12.3 Å². The first-order chi connectivity index (χ1) is 8.93. The molecule has 0 bridgehead atoms. The third kappa shape index (κ3) is 6.27. The van der Waals surface area contributed by atoms with Gasteiger partial charge < -0.3 is 11.1 Å². The summed E-state index contributed by atoms with van der Waals surface area (Å²) >= 11 is 0. The van der Waals surface area contributed by atoms with E-state index in [2.05, 4.69) is 31.2 Å². The van der Waals surface area contributed by atoms with Crippen LogP contribution in [0.15, 0.2) is 12.4 Å². The fourth-order valence-electron chi connectivity index (χ4n) is 1.95. The normalized spacial score (nSPS) is 11.5. The van der Waals surface area contributed by atoms with Crippen molar-refractivity contribution in [1.29, 1.82) is 0 Å². The zero-order valence-electron chi connectivity index (χ0n) is 12.3. The van der Waals surface area contributed by atoms with E-state index >= 15 is 0 Å². The summed E-state index contributed by atoms with van der Waals surface area (Å²) in [4.78, 5) is 11.8. The lowest BCUT2D eigenvalue weighted by Crippen LogP contribution is -2.36. The second-order valence-electron chi connectivity index (χ2n) is 5.87. The number of amides is 1. The van der Waals surface area contributed by atoms with Crippen molar-refractivity contribution in [3.8, 4) is 0 Å². The fraction of sp³-hybridized carbons (Fsp3) is 0.714. The summed E-state index contributed by atoms with van der Waals surface area (Å²) in [6.45, 7) is 7.50. The average Bonchev–Trinajstić information content (AvgIpc) is 2.73. The first-order valence-corrected chi connectivity index (χ1v) is 6.97. The summed E-state index contributed by atoms with van der Waals surface area (Å²) in [5, 5.41) is 6.96. The maximum absolute atomic E-state index is 11.8. The molecule has 5 heteroatoms. The van der Waals surface area contributed by atoms with Crippen LogP contribution in [-0.2, 0) is 11.3 Å². The van der Waals surface area contributed by atoms with Crippen LogP contribution in [0.2, 0.25) is 0 Å². The Morgan fingerprint density at radius 3 is 2.79 bits per heavy atom. The van der Waals surface area contributed by atoms with Gasteiger partial charge in [-0.3, -0.25) is 9.48 Å². The standard InChI is InChI=1S/C14H26N4O/c1-4-5-6-7-14(2,3)11-16-13(19)10-18-9-12(15)8-17-18/h8-9H,4-7,10-11,15H2,1-3H3,(H,16,19). The number of rotatable bonds is 8. The largest absolute Gasteiger partial charge is 0.396 e. The molecular weight excluding hydrogens is 240 g/mol. The van der Waals surface area contributed by atoms with E-state index in [4.69, 9.17) is 5.73 Å². The van der Waals surface area contributed by atoms with Crippen molar-refractivity contribution in [3.63, 3.8) is 0 Å². The van der Waals surface area contributed by atoms with E-state index in [0.29, 0.717) is 12.2 Å². The Morgan fingerprint density at radius 2 is 2.21 bits per heavy atom. The summed E-state index contributed by atoms with van der Waals surface area (Å²) in [5.41, 5.74) is 6.27. The highest BCUT2D eigenvalue weighted by molar-refractivity contribution is 5.75. The molecule has 0 fully saturated rings. The van der Waals surface area contributed by atoms with E-state index < -0.39 is 0 Å². The topological polar surface area (TPSA) is 72.9 Å². The Bertz CT molecular complexity index is 398. The SMILES string of the molecule is CCCCCC(C)(C)CNC(=O)Cn1cc(N)cn1. The number of carbonyl (C=O) groups excluding carboxylic acids is 1. The first-order valence-electron chi connectivity index (χ1n) is 6.97. The Morgan fingerprint density at radius 1 is 1.47 bits per heavy atom. The Hall–Kier alpha value is -1.52. The highest BCUT2D eigenvalue weighted by Crippen LogP contribution is 2.22. The molecule has 0 spiro atoms. The van der Waals surface area contributed by atoms with E-state index in [1.807, 2.05) is 0 Å². The molecule has 0 saturated carbocycles. The van der Waals surface area contributed by atoms with Gasteiger partial charge in [-0.1, -0.05) is 40.0 Å². The second-order valence-corrected chi connectivity index (χ2v) is 5.87. The predicted octanol–water partition coefficient (Wildman–Crippen LogP) is 2.19. The van der Waals surface area contributed by atoms with Gasteiger partial charge in [-0.15, -0.1) is 0 Å². The number of nitrogen functional groups attached to an aromatic ring is 1. The molecule has 1 amide bonds. The number of unbranched alkanes of at least 4 members (excludes halogenated alkanes) is 2. The second kappa shape index (κ2) is 7.16. The van der Waals surface area contributed by atoms with Crippen molar-refractivity contribution in [2.24, 2.45) is 5.41 Å². The van der Waals surface area contributed by atoms with Gasteiger partial charge in [0.25, 0.3) is 0 Å². The Kier molecular flexibility index (Phi) is 5.86. The van der Waals surface area contributed by atoms with Gasteiger partial charge in [0.1, 0.15) is 6.54 Å². The highest BCUT2D eigenvalue weighted by atomic mass is 16.2. The van der Waals surface area contributed by atoms with Crippen LogP contribution in [0.5, 0.6) is 0 Å². The monoisotopic (exact) mass is 266 g/mol. The molecule has 1 aromatic rings. The van der Waals surface area contributed by atoms with Gasteiger partial charge in [-0.2, -0.15) is 5.10 Å². The molecule has 108 valence electrons. The van der Waals surface area contributed by atoms with Crippen LogP contribution in [0.25, 0.3) is 0 Å². The van der Waals surface area contributed by atoms with Crippen LogP contribution in [0, 0.1) is 5.41 Å². The number of hydrogen-bond acceptors (Lipinski definition) is 3. The van der Waals surface area contributed by atoms with E-state index in [0.717, 1.165) is 6.42 Å². The van der Waals surface area contributed by atoms with E-state index in [1.54, 1.807) is 17.1 Å². The lowest BCUT2D eigenvalue weighted by atomic mass is 9.87. The minimum absolute atomic E-state index is 0.0216. The van der Waals surface area contributed by atoms with Gasteiger partial charge in [0.15, 0.2) is 0 Å². The zero-order chi connectivity index (χ0) is 14.3. The van der Waals surface area contributed by atoms with Gasteiger partial charge in [-0.05, 0) is 11.8 Å². The number of carbonyl (C=O) groups is 1. The smallest absolute Gasteiger partial charge is 0.241 e. The van der Waals surface area contributed by atoms with E-state index in [1.165, 1.54) is 19.3 Å². The quantitative estimate of drug-likeness (QED) is 0.708. The minimum Gasteiger partial charge on any atom is -0.396 e. The number of anilines is 1. The van der Waals surface area contributed by atoms with E-state index in [-0.39, 0.29) is 17.9 Å². The summed E-state index contributed by atoms with van der Waals surface area (Å²) in [6, 6.07) is 0. The van der Waals surface area contributed by atoms with Crippen molar-refractivity contribution in [1.82, 2.24) is 15.1 Å². The van der Waals surface area contributed by atoms with Crippen molar-refractivity contribution in [3.05, 3.63) is 12.4 Å². The maximum Gasteiger partial charge on any atom is 0.241 e. The number of nitrogens with zero attached hydrogens (tertiary/aromatic N) is 2. The third-order valence-electron chi connectivity index (χ3n) is 3.18. The number of nitrogens with one attached hydrogen (secondary N) is 1. The molecule has 1 rings (SSSR count). The molecule has 1 aromatic heterocycles. The molecule has 0 aromatic carbocycles. The molecule has 0 aliphatic rings. The molecule has 0 unspecified atom stereocenters. The Balaban J connectivity index is 2.28. The summed E-state index contributed by atoms with van der Waals surface area (Å²) < 4.78 is 1.55. The molecule has 3 N–H and O–H groups in total. The average molecular weight is 266 g/mol. The van der Waals surface area contributed by atoms with Crippen molar-refractivity contribution in [2.45, 2.75) is 53.0 Å². The van der Waals surface area contributed by atoms with Crippen molar-refractivity contribution < 1.29 is 4.79 Å². The van der Waals surface area contributed by atoms with Crippen LogP contribution in [-0.4, -0.2) is 22.2 Å². The van der Waals surface area contributed by atoms with E-state index in [9.17, 15) is 4.79 Å². The lowest BCUT2D eigenvalue weighted by molar-refractivity contribution is -0.122. The zero-order valence-corrected chi connectivity index (χ0v) is 12.3. The number of hydrogen-bond donors (Lipinski definition) is 2. The van der Waals surface area contributed by atoms with Crippen molar-refractivity contribution >= 4 is 11.6 Å². The first kappa shape index (κ1) is 15.5. The molecule has 1 heterocycles. The third-order valence-corrected chi connectivity index (χ3v) is 3.18. The summed E-state index contributed by atoms with van der Waals surface area (Å²) in [6.07, 6.45) is 8.03. The van der Waals surface area contributed by atoms with Gasteiger partial charge >= 0.3 is 0 Å². The molecule has 19 heavy (non-hydrogen) atoms. The van der Waals surface area contributed by atoms with Gasteiger partial charge in [0, 0.05) is 12.7 Å². The number of nitrogens with two attached hydrogens (primary N) is 1. The van der Waals surface area contributed by atoms with Crippen LogP contribution >= 0.6 is 0 Å². The molecule has 0 saturated heterocycles. The minimum atomic E-state index is -0.0216. The van der Waals surface area contributed by atoms with Gasteiger partial charge in [0.2, 0.25) is 5.91 Å². The predicted molar refractivity (Wildman–Crippen MR) is 77.6 cm³/mol. The molecule has 0 radical (unpaired) electrons. The van der Waals surface area contributed by atoms with Crippen LogP contribution in [0.3, 0.4) is 0 Å². The fourth-order valence-corrected chi connectivity index (χ4v) is 1.95.